The summed E-state index contributed by atoms with van der Waals surface area (Å²) in [6.45, 7) is 17.5. The van der Waals surface area contributed by atoms with E-state index < -0.39 is 25.1 Å². The predicted octanol–water partition coefficient (Wildman–Crippen LogP) is 4.74. The van der Waals surface area contributed by atoms with Crippen molar-refractivity contribution in [2.45, 2.75) is 88.6 Å². The Kier molecular flexibility index (Phi) is 6.37. The van der Waals surface area contributed by atoms with Crippen molar-refractivity contribution in [3.63, 3.8) is 0 Å². The van der Waals surface area contributed by atoms with E-state index in [0.29, 0.717) is 24.4 Å². The first-order valence-electron chi connectivity index (χ1n) is 10.8. The third-order valence-electron chi connectivity index (χ3n) is 6.98. The lowest BCUT2D eigenvalue weighted by Gasteiger charge is -2.56. The van der Waals surface area contributed by atoms with Crippen LogP contribution in [0.5, 0.6) is 0 Å². The predicted molar refractivity (Wildman–Crippen MR) is 121 cm³/mol. The van der Waals surface area contributed by atoms with Crippen LogP contribution in [0.2, 0.25) is 18.1 Å². The van der Waals surface area contributed by atoms with Gasteiger partial charge in [-0.25, -0.2) is 4.79 Å². The summed E-state index contributed by atoms with van der Waals surface area (Å²) < 4.78 is 12.5. The molecule has 0 saturated carbocycles. The quantitative estimate of drug-likeness (QED) is 0.325. The molecule has 30 heavy (non-hydrogen) atoms. The molecule has 1 unspecified atom stereocenters. The largest absolute Gasteiger partial charge is 0.477 e. The van der Waals surface area contributed by atoms with Crippen LogP contribution < -0.4 is 0 Å². The SMILES string of the molecule is C=CC[C@@]12SC(C3CCCO3)=C(C(=O)O)N1C(=O)[C@H]2[C@H](CC)O[Si](C)(C)C(C)(C)C. The van der Waals surface area contributed by atoms with Gasteiger partial charge in [-0.3, -0.25) is 9.69 Å². The first-order chi connectivity index (χ1) is 13.9. The van der Waals surface area contributed by atoms with Crippen molar-refractivity contribution < 1.29 is 23.9 Å². The Morgan fingerprint density at radius 2 is 2.17 bits per heavy atom. The van der Waals surface area contributed by atoms with Crippen LogP contribution in [0.1, 0.15) is 53.4 Å². The normalized spacial score (nSPS) is 30.3. The minimum Gasteiger partial charge on any atom is -0.477 e. The maximum Gasteiger partial charge on any atom is 0.353 e. The highest BCUT2D eigenvalue weighted by molar-refractivity contribution is 8.04. The minimum atomic E-state index is -2.11. The van der Waals surface area contributed by atoms with Gasteiger partial charge in [0.15, 0.2) is 8.32 Å². The molecular weight excluding hydrogens is 418 g/mol. The number of nitrogens with zero attached hydrogens (tertiary/aromatic N) is 1. The Morgan fingerprint density at radius 3 is 2.63 bits per heavy atom. The van der Waals surface area contributed by atoms with Crippen LogP contribution in [0.4, 0.5) is 0 Å². The van der Waals surface area contributed by atoms with Crippen molar-refractivity contribution in [1.82, 2.24) is 4.90 Å². The molecule has 0 aromatic carbocycles. The van der Waals surface area contributed by atoms with E-state index in [1.807, 2.05) is 6.92 Å². The fourth-order valence-corrected chi connectivity index (χ4v) is 7.65. The van der Waals surface area contributed by atoms with Gasteiger partial charge in [0.2, 0.25) is 5.91 Å². The Labute approximate surface area is 185 Å². The summed E-state index contributed by atoms with van der Waals surface area (Å²) in [5, 5.41) is 9.99. The molecule has 0 aromatic rings. The number of amides is 1. The van der Waals surface area contributed by atoms with E-state index in [1.165, 1.54) is 16.7 Å². The number of hydrogen-bond acceptors (Lipinski definition) is 5. The zero-order chi connectivity index (χ0) is 22.5. The molecule has 3 heterocycles. The van der Waals surface area contributed by atoms with Gasteiger partial charge in [0, 0.05) is 11.5 Å². The number of rotatable bonds is 8. The molecular formula is C22H35NO5SSi. The summed E-state index contributed by atoms with van der Waals surface area (Å²) in [6.07, 6.45) is 4.19. The maximum atomic E-state index is 13.4. The molecule has 3 aliphatic rings. The third-order valence-corrected chi connectivity index (χ3v) is 13.1. The van der Waals surface area contributed by atoms with Gasteiger partial charge in [-0.05, 0) is 43.8 Å². The summed E-state index contributed by atoms with van der Waals surface area (Å²) in [5.41, 5.74) is 0.0946. The van der Waals surface area contributed by atoms with Crippen molar-refractivity contribution in [2.75, 3.05) is 6.61 Å². The van der Waals surface area contributed by atoms with Crippen LogP contribution >= 0.6 is 11.8 Å². The summed E-state index contributed by atoms with van der Waals surface area (Å²) in [7, 11) is -2.11. The van der Waals surface area contributed by atoms with E-state index in [4.69, 9.17) is 9.16 Å². The van der Waals surface area contributed by atoms with Gasteiger partial charge in [-0.15, -0.1) is 6.58 Å². The first-order valence-corrected chi connectivity index (χ1v) is 14.5. The molecule has 1 amide bonds. The molecule has 0 spiro atoms. The monoisotopic (exact) mass is 453 g/mol. The number of carboxylic acids is 1. The van der Waals surface area contributed by atoms with Crippen LogP contribution in [-0.2, 0) is 18.8 Å². The van der Waals surface area contributed by atoms with E-state index >= 15 is 0 Å². The summed E-state index contributed by atoms with van der Waals surface area (Å²) in [6, 6.07) is 0. The van der Waals surface area contributed by atoms with Crippen LogP contribution in [0.3, 0.4) is 0 Å². The van der Waals surface area contributed by atoms with Crippen LogP contribution in [0, 0.1) is 5.92 Å². The van der Waals surface area contributed by atoms with Gasteiger partial charge in [-0.2, -0.15) is 0 Å². The van der Waals surface area contributed by atoms with Crippen LogP contribution in [-0.4, -0.2) is 53.9 Å². The highest BCUT2D eigenvalue weighted by atomic mass is 32.2. The fraction of sp³-hybridized carbons (Fsp3) is 0.727. The van der Waals surface area contributed by atoms with Crippen molar-refractivity contribution in [3.05, 3.63) is 23.3 Å². The molecule has 1 N–H and O–H groups in total. The van der Waals surface area contributed by atoms with E-state index in [0.717, 1.165) is 12.8 Å². The van der Waals surface area contributed by atoms with Gasteiger partial charge in [0.25, 0.3) is 0 Å². The maximum absolute atomic E-state index is 13.4. The molecule has 2 fully saturated rings. The molecule has 168 valence electrons. The van der Waals surface area contributed by atoms with Crippen molar-refractivity contribution in [1.29, 1.82) is 0 Å². The first kappa shape index (κ1) is 23.6. The standard InChI is InChI=1S/C22H35NO5SSi/c1-8-12-22-16(14(9-2)28-30(6,7)21(3,4)5)19(24)23(22)17(20(25)26)18(29-22)15-11-10-13-27-15/h8,14-16H,1,9-13H2,2-7H3,(H,25,26)/t14-,15?,16+,22-/m0/s1. The number of hydrogen-bond donors (Lipinski definition) is 1. The Balaban J connectivity index is 1.98. The van der Waals surface area contributed by atoms with E-state index in [9.17, 15) is 14.7 Å². The molecule has 0 aromatic heterocycles. The Hall–Kier alpha value is -1.09. The molecule has 8 heteroatoms. The number of carboxylic acid groups (broad SMARTS) is 1. The number of fused-ring (bicyclic) bond motifs is 1. The second kappa shape index (κ2) is 8.11. The molecule has 4 atom stereocenters. The second-order valence-corrected chi connectivity index (χ2v) is 16.0. The van der Waals surface area contributed by atoms with Crippen molar-refractivity contribution in [3.8, 4) is 0 Å². The highest BCUT2D eigenvalue weighted by Crippen LogP contribution is 2.63. The van der Waals surface area contributed by atoms with Gasteiger partial charge >= 0.3 is 5.97 Å². The number of β-lactam (4-membered cyclic amide) rings is 1. The zero-order valence-electron chi connectivity index (χ0n) is 19.0. The van der Waals surface area contributed by atoms with Crippen LogP contribution in [0.25, 0.3) is 0 Å². The number of carbonyl (C=O) groups excluding carboxylic acids is 1. The molecule has 6 nitrogen and oxygen atoms in total. The number of carbonyl (C=O) groups is 2. The number of ether oxygens (including phenoxy) is 1. The molecule has 0 radical (unpaired) electrons. The summed E-state index contributed by atoms with van der Waals surface area (Å²) in [4.78, 5) is 27.1. The lowest BCUT2D eigenvalue weighted by atomic mass is 9.78. The average Bonchev–Trinajstić information content (AvgIpc) is 3.25. The van der Waals surface area contributed by atoms with Gasteiger partial charge < -0.3 is 14.3 Å². The molecule has 0 aliphatic carbocycles. The Bertz CT molecular complexity index is 768. The Morgan fingerprint density at radius 1 is 1.50 bits per heavy atom. The van der Waals surface area contributed by atoms with Crippen molar-refractivity contribution in [2.24, 2.45) is 5.92 Å². The topological polar surface area (TPSA) is 76.1 Å². The molecule has 3 aliphatic heterocycles. The average molecular weight is 454 g/mol. The smallest absolute Gasteiger partial charge is 0.353 e. The highest BCUT2D eigenvalue weighted by Gasteiger charge is 2.69. The van der Waals surface area contributed by atoms with Gasteiger partial charge in [-0.1, -0.05) is 45.5 Å². The van der Waals surface area contributed by atoms with Gasteiger partial charge in [0.05, 0.1) is 18.1 Å². The lowest BCUT2D eigenvalue weighted by Crippen LogP contribution is -2.71. The third kappa shape index (κ3) is 3.59. The fourth-order valence-electron chi connectivity index (χ4n) is 4.41. The van der Waals surface area contributed by atoms with E-state index in [-0.39, 0.29) is 28.9 Å². The minimum absolute atomic E-state index is 0.0225. The summed E-state index contributed by atoms with van der Waals surface area (Å²) in [5.74, 6) is -1.61. The molecule has 0 bridgehead atoms. The van der Waals surface area contributed by atoms with Crippen molar-refractivity contribution >= 4 is 32.0 Å². The van der Waals surface area contributed by atoms with Crippen LogP contribution in [0.15, 0.2) is 23.3 Å². The molecule has 3 rings (SSSR count). The van der Waals surface area contributed by atoms with E-state index in [1.54, 1.807) is 6.08 Å². The second-order valence-electron chi connectivity index (χ2n) is 9.94. The van der Waals surface area contributed by atoms with E-state index in [2.05, 4.69) is 40.4 Å². The zero-order valence-corrected chi connectivity index (χ0v) is 20.8. The lowest BCUT2D eigenvalue weighted by molar-refractivity contribution is -0.166. The summed E-state index contributed by atoms with van der Waals surface area (Å²) >= 11 is 1.50. The molecule has 2 saturated heterocycles. The number of aliphatic carboxylic acids is 1. The van der Waals surface area contributed by atoms with Gasteiger partial charge in [0.1, 0.15) is 10.6 Å². The number of thioether (sulfide) groups is 1.